The summed E-state index contributed by atoms with van der Waals surface area (Å²) in [7, 11) is 1.53. The van der Waals surface area contributed by atoms with Crippen molar-refractivity contribution in [2.24, 2.45) is 0 Å². The number of carbonyl (C=O) groups excluding carboxylic acids is 1. The summed E-state index contributed by atoms with van der Waals surface area (Å²) in [5.74, 6) is 0.145. The second-order valence-electron chi connectivity index (χ2n) is 5.38. The molecule has 1 aromatic heterocycles. The summed E-state index contributed by atoms with van der Waals surface area (Å²) in [6.45, 7) is -0.0300. The fourth-order valence-electron chi connectivity index (χ4n) is 2.46. The first-order chi connectivity index (χ1) is 12.1. The smallest absolute Gasteiger partial charge is 0.336 e. The Morgan fingerprint density at radius 2 is 1.92 bits per heavy atom. The van der Waals surface area contributed by atoms with Crippen molar-refractivity contribution < 1.29 is 18.7 Å². The van der Waals surface area contributed by atoms with Crippen LogP contribution >= 0.6 is 11.6 Å². The van der Waals surface area contributed by atoms with E-state index in [0.29, 0.717) is 32.9 Å². The molecule has 6 heteroatoms. The average molecular weight is 359 g/mol. The molecule has 128 valence electrons. The van der Waals surface area contributed by atoms with Crippen LogP contribution in [0.15, 0.2) is 57.7 Å². The fraction of sp³-hybridized carbons (Fsp3) is 0.158. The van der Waals surface area contributed by atoms with E-state index in [9.17, 15) is 9.59 Å². The van der Waals surface area contributed by atoms with E-state index in [1.807, 2.05) is 0 Å². The molecule has 2 aromatic carbocycles. The normalized spacial score (nSPS) is 10.6. The standard InChI is InChI=1S/C19H15ClO5/c1-23-14-6-7-15-13(9-19(22)25-17(15)10-14)11-24-18(21)8-12-4-2-3-5-16(12)20/h2-7,9-10H,8,11H2,1H3. The van der Waals surface area contributed by atoms with E-state index in [2.05, 4.69) is 0 Å². The maximum Gasteiger partial charge on any atom is 0.336 e. The molecule has 5 nitrogen and oxygen atoms in total. The highest BCUT2D eigenvalue weighted by Crippen LogP contribution is 2.23. The molecule has 3 rings (SSSR count). The zero-order valence-corrected chi connectivity index (χ0v) is 14.2. The van der Waals surface area contributed by atoms with Crippen molar-refractivity contribution in [3.05, 3.63) is 75.1 Å². The van der Waals surface area contributed by atoms with Crippen LogP contribution in [0.25, 0.3) is 11.0 Å². The molecule has 1 heterocycles. The van der Waals surface area contributed by atoms with Gasteiger partial charge in [-0.2, -0.15) is 0 Å². The van der Waals surface area contributed by atoms with Crippen molar-refractivity contribution >= 4 is 28.5 Å². The monoisotopic (exact) mass is 358 g/mol. The zero-order chi connectivity index (χ0) is 17.8. The molecule has 0 fully saturated rings. The summed E-state index contributed by atoms with van der Waals surface area (Å²) >= 11 is 6.04. The number of esters is 1. The minimum absolute atomic E-state index is 0.0300. The molecule has 0 bridgehead atoms. The van der Waals surface area contributed by atoms with Gasteiger partial charge in [-0.05, 0) is 23.8 Å². The second-order valence-corrected chi connectivity index (χ2v) is 5.79. The molecule has 0 aliphatic carbocycles. The Hall–Kier alpha value is -2.79. The van der Waals surface area contributed by atoms with Crippen LogP contribution in [0, 0.1) is 0 Å². The van der Waals surface area contributed by atoms with E-state index in [0.717, 1.165) is 0 Å². The molecule has 3 aromatic rings. The summed E-state index contributed by atoms with van der Waals surface area (Å²) in [6, 6.07) is 13.5. The lowest BCUT2D eigenvalue weighted by atomic mass is 10.1. The van der Waals surface area contributed by atoms with Gasteiger partial charge in [0.1, 0.15) is 17.9 Å². The number of halogens is 1. The van der Waals surface area contributed by atoms with Gasteiger partial charge < -0.3 is 13.9 Å². The molecule has 0 aliphatic heterocycles. The Kier molecular flexibility index (Phi) is 5.05. The Labute approximate surface area is 148 Å². The second kappa shape index (κ2) is 7.40. The van der Waals surface area contributed by atoms with Crippen LogP contribution in [0.4, 0.5) is 0 Å². The van der Waals surface area contributed by atoms with Crippen LogP contribution in [-0.4, -0.2) is 13.1 Å². The van der Waals surface area contributed by atoms with Crippen molar-refractivity contribution in [1.29, 1.82) is 0 Å². The van der Waals surface area contributed by atoms with Gasteiger partial charge >= 0.3 is 11.6 Å². The van der Waals surface area contributed by atoms with E-state index < -0.39 is 11.6 Å². The molecule has 25 heavy (non-hydrogen) atoms. The quantitative estimate of drug-likeness (QED) is 0.513. The summed E-state index contributed by atoms with van der Waals surface area (Å²) in [4.78, 5) is 23.8. The molecule has 0 saturated heterocycles. The number of benzene rings is 2. The van der Waals surface area contributed by atoms with Crippen molar-refractivity contribution in [2.45, 2.75) is 13.0 Å². The van der Waals surface area contributed by atoms with Gasteiger partial charge in [0.2, 0.25) is 0 Å². The highest BCUT2D eigenvalue weighted by molar-refractivity contribution is 6.31. The maximum atomic E-state index is 12.1. The summed E-state index contributed by atoms with van der Waals surface area (Å²) in [5.41, 5.74) is 1.12. The minimum Gasteiger partial charge on any atom is -0.497 e. The van der Waals surface area contributed by atoms with Gasteiger partial charge in [-0.15, -0.1) is 0 Å². The molecule has 0 amide bonds. The van der Waals surface area contributed by atoms with Crippen LogP contribution < -0.4 is 10.4 Å². The van der Waals surface area contributed by atoms with Crippen LogP contribution in [0.1, 0.15) is 11.1 Å². The summed E-state index contributed by atoms with van der Waals surface area (Å²) < 4.78 is 15.6. The van der Waals surface area contributed by atoms with Crippen LogP contribution in [0.5, 0.6) is 5.75 Å². The van der Waals surface area contributed by atoms with Gasteiger partial charge in [0.25, 0.3) is 0 Å². The lowest BCUT2D eigenvalue weighted by Gasteiger charge is -2.09. The maximum absolute atomic E-state index is 12.1. The molecular weight excluding hydrogens is 344 g/mol. The Morgan fingerprint density at radius 1 is 1.12 bits per heavy atom. The number of carbonyl (C=O) groups is 1. The molecule has 0 radical (unpaired) electrons. The van der Waals surface area contributed by atoms with Crippen molar-refractivity contribution in [3.63, 3.8) is 0 Å². The van der Waals surface area contributed by atoms with E-state index in [4.69, 9.17) is 25.5 Å². The SMILES string of the molecule is COc1ccc2c(COC(=O)Cc3ccccc3Cl)cc(=O)oc2c1. The van der Waals surface area contributed by atoms with Gasteiger partial charge in [0, 0.05) is 28.1 Å². The van der Waals surface area contributed by atoms with E-state index in [-0.39, 0.29) is 13.0 Å². The lowest BCUT2D eigenvalue weighted by molar-refractivity contribution is -0.144. The molecule has 0 spiro atoms. The number of hydrogen-bond acceptors (Lipinski definition) is 5. The zero-order valence-electron chi connectivity index (χ0n) is 13.5. The number of ether oxygens (including phenoxy) is 2. The first-order valence-electron chi connectivity index (χ1n) is 7.56. The number of hydrogen-bond donors (Lipinski definition) is 0. The minimum atomic E-state index is -0.516. The third kappa shape index (κ3) is 4.00. The Morgan fingerprint density at radius 3 is 2.68 bits per heavy atom. The predicted octanol–water partition coefficient (Wildman–Crippen LogP) is 3.74. The third-order valence-corrected chi connectivity index (χ3v) is 4.09. The molecule has 0 aliphatic rings. The number of fused-ring (bicyclic) bond motifs is 1. The Balaban J connectivity index is 1.78. The molecule has 0 N–H and O–H groups in total. The molecule has 0 unspecified atom stereocenters. The van der Waals surface area contributed by atoms with E-state index in [1.165, 1.54) is 13.2 Å². The van der Waals surface area contributed by atoms with Crippen molar-refractivity contribution in [3.8, 4) is 5.75 Å². The first kappa shape index (κ1) is 17.0. The highest BCUT2D eigenvalue weighted by Gasteiger charge is 2.11. The molecule has 0 atom stereocenters. The summed E-state index contributed by atoms with van der Waals surface area (Å²) in [5, 5.41) is 1.20. The van der Waals surface area contributed by atoms with Gasteiger partial charge in [-0.25, -0.2) is 4.79 Å². The highest BCUT2D eigenvalue weighted by atomic mass is 35.5. The van der Waals surface area contributed by atoms with E-state index in [1.54, 1.807) is 42.5 Å². The molecular formula is C19H15ClO5. The van der Waals surface area contributed by atoms with Crippen LogP contribution in [0.3, 0.4) is 0 Å². The third-order valence-electron chi connectivity index (χ3n) is 3.72. The van der Waals surface area contributed by atoms with E-state index >= 15 is 0 Å². The van der Waals surface area contributed by atoms with Crippen LogP contribution in [0.2, 0.25) is 5.02 Å². The fourth-order valence-corrected chi connectivity index (χ4v) is 2.67. The van der Waals surface area contributed by atoms with Crippen molar-refractivity contribution in [2.75, 3.05) is 7.11 Å². The van der Waals surface area contributed by atoms with Crippen LogP contribution in [-0.2, 0) is 22.6 Å². The summed E-state index contributed by atoms with van der Waals surface area (Å²) in [6.07, 6.45) is 0.0624. The van der Waals surface area contributed by atoms with Gasteiger partial charge in [-0.3, -0.25) is 4.79 Å². The number of rotatable bonds is 5. The molecule has 0 saturated carbocycles. The van der Waals surface area contributed by atoms with Crippen molar-refractivity contribution in [1.82, 2.24) is 0 Å². The largest absolute Gasteiger partial charge is 0.497 e. The van der Waals surface area contributed by atoms with Gasteiger partial charge in [0.15, 0.2) is 0 Å². The van der Waals surface area contributed by atoms with Gasteiger partial charge in [-0.1, -0.05) is 29.8 Å². The van der Waals surface area contributed by atoms with Gasteiger partial charge in [0.05, 0.1) is 13.5 Å². The topological polar surface area (TPSA) is 65.7 Å². The Bertz CT molecular complexity index is 977. The average Bonchev–Trinajstić information content (AvgIpc) is 2.61. The number of methoxy groups -OCH3 is 1. The first-order valence-corrected chi connectivity index (χ1v) is 7.94. The lowest BCUT2D eigenvalue weighted by Crippen LogP contribution is -2.10. The predicted molar refractivity (Wildman–Crippen MR) is 94.0 cm³/mol.